The Kier molecular flexibility index (Phi) is 12.1. The summed E-state index contributed by atoms with van der Waals surface area (Å²) < 4.78 is 45.5. The van der Waals surface area contributed by atoms with E-state index in [4.69, 9.17) is 14.1 Å². The molecular formula is C63H49F2N4O2Pt-3. The number of hydrogen-bond donors (Lipinski definition) is 0. The van der Waals surface area contributed by atoms with Crippen molar-refractivity contribution in [1.29, 1.82) is 0 Å². The first-order valence-electron chi connectivity index (χ1n) is 24.2. The van der Waals surface area contributed by atoms with Crippen LogP contribution in [0.2, 0.25) is 0 Å². The van der Waals surface area contributed by atoms with Gasteiger partial charge in [0.05, 0.1) is 0 Å². The number of nitrogens with zero attached hydrogens (tertiary/aromatic N) is 4. The Morgan fingerprint density at radius 2 is 1.32 bits per heavy atom. The van der Waals surface area contributed by atoms with E-state index in [-0.39, 0.29) is 38.8 Å². The number of ether oxygens (including phenoxy) is 1. The van der Waals surface area contributed by atoms with Gasteiger partial charge in [0.2, 0.25) is 0 Å². The van der Waals surface area contributed by atoms with Gasteiger partial charge in [0.1, 0.15) is 28.6 Å². The van der Waals surface area contributed by atoms with E-state index in [0.29, 0.717) is 22.6 Å². The van der Waals surface area contributed by atoms with Crippen LogP contribution in [0.4, 0.5) is 31.5 Å². The smallest absolute Gasteiger partial charge is 0.141 e. The maximum absolute atomic E-state index is 15.5. The Morgan fingerprint density at radius 3 is 2.07 bits per heavy atom. The average molecular weight is 1130 g/mol. The molecule has 1 aliphatic heterocycles. The van der Waals surface area contributed by atoms with Crippen LogP contribution < -0.4 is 14.5 Å². The minimum absolute atomic E-state index is 0. The van der Waals surface area contributed by atoms with Crippen LogP contribution in [0.3, 0.4) is 0 Å². The van der Waals surface area contributed by atoms with Crippen molar-refractivity contribution in [2.24, 2.45) is 0 Å². The molecule has 0 saturated carbocycles. The zero-order chi connectivity index (χ0) is 48.7. The first-order chi connectivity index (χ1) is 34.5. The van der Waals surface area contributed by atoms with Crippen molar-refractivity contribution in [1.82, 2.24) is 9.55 Å². The van der Waals surface area contributed by atoms with E-state index in [1.807, 2.05) is 54.6 Å². The van der Waals surface area contributed by atoms with Crippen molar-refractivity contribution in [2.75, 3.05) is 9.80 Å². The van der Waals surface area contributed by atoms with Crippen molar-refractivity contribution in [3.05, 3.63) is 211 Å². The number of furan rings is 1. The van der Waals surface area contributed by atoms with Crippen LogP contribution in [0.1, 0.15) is 76.0 Å². The molecule has 12 rings (SSSR count). The number of para-hydroxylation sites is 3. The zero-order valence-electron chi connectivity index (χ0n) is 40.6. The van der Waals surface area contributed by atoms with Gasteiger partial charge in [-0.25, -0.2) is 13.8 Å². The molecule has 0 aliphatic carbocycles. The fraction of sp³-hybridized carbons (Fsp3) is 0.143. The summed E-state index contributed by atoms with van der Waals surface area (Å²) in [7, 11) is 0. The number of fused-ring (bicyclic) bond motifs is 7. The summed E-state index contributed by atoms with van der Waals surface area (Å²) in [5, 5.41) is 4.20. The first-order valence-corrected chi connectivity index (χ1v) is 24.2. The normalized spacial score (nSPS) is 12.6. The van der Waals surface area contributed by atoms with Crippen LogP contribution in [0.15, 0.2) is 168 Å². The van der Waals surface area contributed by atoms with Crippen molar-refractivity contribution >= 4 is 66.5 Å². The van der Waals surface area contributed by atoms with E-state index in [1.54, 1.807) is 6.20 Å². The molecule has 1 aliphatic rings. The molecule has 0 bridgehead atoms. The predicted octanol–water partition coefficient (Wildman–Crippen LogP) is 17.9. The van der Waals surface area contributed by atoms with Crippen LogP contribution >= 0.6 is 0 Å². The van der Waals surface area contributed by atoms with Gasteiger partial charge < -0.3 is 23.5 Å². The average Bonchev–Trinajstić information content (AvgIpc) is 4.05. The second-order valence-corrected chi connectivity index (χ2v) is 19.3. The van der Waals surface area contributed by atoms with Gasteiger partial charge in [-0.2, -0.15) is 6.07 Å². The van der Waals surface area contributed by atoms with Crippen LogP contribution in [0, 0.1) is 30.4 Å². The molecule has 360 valence electrons. The predicted molar refractivity (Wildman–Crippen MR) is 285 cm³/mol. The Labute approximate surface area is 432 Å². The van der Waals surface area contributed by atoms with Gasteiger partial charge >= 0.3 is 0 Å². The summed E-state index contributed by atoms with van der Waals surface area (Å²) in [5.41, 5.74) is 13.3. The summed E-state index contributed by atoms with van der Waals surface area (Å²) in [6, 6.07) is 58.8. The third kappa shape index (κ3) is 8.02. The summed E-state index contributed by atoms with van der Waals surface area (Å²) in [6.45, 7) is 15.2. The van der Waals surface area contributed by atoms with E-state index in [0.717, 1.165) is 101 Å². The van der Waals surface area contributed by atoms with E-state index < -0.39 is 11.6 Å². The number of anilines is 4. The molecule has 0 amide bonds. The summed E-state index contributed by atoms with van der Waals surface area (Å²) in [5.74, 6) is 0.968. The molecule has 3 aromatic heterocycles. The Bertz CT molecular complexity index is 3850. The monoisotopic (exact) mass is 1130 g/mol. The van der Waals surface area contributed by atoms with Gasteiger partial charge in [-0.05, 0) is 106 Å². The molecule has 0 unspecified atom stereocenters. The minimum Gasteiger partial charge on any atom is -0.509 e. The quantitative estimate of drug-likeness (QED) is 0.128. The molecule has 72 heavy (non-hydrogen) atoms. The second kappa shape index (κ2) is 18.6. The third-order valence-electron chi connectivity index (χ3n) is 13.8. The molecule has 0 radical (unpaired) electrons. The number of hydrogen-bond acceptors (Lipinski definition) is 5. The Hall–Kier alpha value is -7.54. The van der Waals surface area contributed by atoms with Gasteiger partial charge in [0, 0.05) is 89.3 Å². The molecule has 4 heterocycles. The molecule has 8 aromatic carbocycles. The van der Waals surface area contributed by atoms with Gasteiger partial charge in [-0.15, -0.1) is 53.6 Å². The molecule has 11 aromatic rings. The second-order valence-electron chi connectivity index (χ2n) is 19.3. The Balaban J connectivity index is 0.00000560. The summed E-state index contributed by atoms with van der Waals surface area (Å²) >= 11 is 0. The summed E-state index contributed by atoms with van der Waals surface area (Å²) in [4.78, 5) is 9.21. The zero-order valence-corrected chi connectivity index (χ0v) is 42.8. The molecule has 0 N–H and O–H groups in total. The molecule has 0 saturated heterocycles. The van der Waals surface area contributed by atoms with Crippen LogP contribution in [0.5, 0.6) is 11.5 Å². The number of benzene rings is 8. The van der Waals surface area contributed by atoms with E-state index in [2.05, 4.69) is 160 Å². The fourth-order valence-electron chi connectivity index (χ4n) is 10.2. The van der Waals surface area contributed by atoms with E-state index >= 15 is 4.39 Å². The largest absolute Gasteiger partial charge is 0.509 e. The molecule has 0 spiro atoms. The molecule has 0 atom stereocenters. The van der Waals surface area contributed by atoms with Gasteiger partial charge in [0.15, 0.2) is 0 Å². The summed E-state index contributed by atoms with van der Waals surface area (Å²) in [6.07, 6.45) is 1.80. The SMILES string of the molecule is CC(C)c1ccc2c(c1)N(c1c(C(C)C)cc(-c3ccc(F)cc3F)cc1C(C)C)[CH-]N2c1[c-]c(Oc2[c-]c3c(cc2)c2ccccc2n3-c2ccccn2)cc(-c2cccc3c2oc2ccccc23)c1.[Pt]. The first kappa shape index (κ1) is 46.8. The molecule has 9 heteroatoms. The van der Waals surface area contributed by atoms with Crippen molar-refractivity contribution in [3.63, 3.8) is 0 Å². The number of pyridine rings is 1. The molecular weight excluding hydrogens is 1080 g/mol. The topological polar surface area (TPSA) is 46.7 Å². The van der Waals surface area contributed by atoms with Gasteiger partial charge in [-0.1, -0.05) is 114 Å². The number of halogens is 2. The van der Waals surface area contributed by atoms with Crippen LogP contribution in [-0.2, 0) is 21.1 Å². The molecule has 0 fully saturated rings. The van der Waals surface area contributed by atoms with Gasteiger partial charge in [-0.3, -0.25) is 0 Å². The third-order valence-corrected chi connectivity index (χ3v) is 13.8. The van der Waals surface area contributed by atoms with Crippen molar-refractivity contribution in [3.8, 4) is 39.6 Å². The van der Waals surface area contributed by atoms with E-state index in [9.17, 15) is 4.39 Å². The Morgan fingerprint density at radius 1 is 0.583 bits per heavy atom. The number of aromatic nitrogens is 2. The van der Waals surface area contributed by atoms with Crippen LogP contribution in [0.25, 0.3) is 71.8 Å². The fourth-order valence-corrected chi connectivity index (χ4v) is 10.2. The van der Waals surface area contributed by atoms with Crippen molar-refractivity contribution in [2.45, 2.75) is 59.3 Å². The maximum atomic E-state index is 15.5. The van der Waals surface area contributed by atoms with Crippen LogP contribution in [-0.4, -0.2) is 9.55 Å². The van der Waals surface area contributed by atoms with Crippen molar-refractivity contribution < 1.29 is 39.0 Å². The maximum Gasteiger partial charge on any atom is 0.141 e. The van der Waals surface area contributed by atoms with Gasteiger partial charge in [0.25, 0.3) is 0 Å². The minimum atomic E-state index is -0.604. The number of rotatable bonds is 10. The standard InChI is InChI=1S/C63H49F2N4O2.Pt/c1-37(2)40-21-26-57-59(32-40)68(62-53(38(3)4)30-42(31-54(62)39(5)6)47-24-22-43(64)33-55(47)65)36-67(57)44-28-41(48-16-13-17-52-51-15-8-10-19-60(51)71-63(48)52)29-46(34-44)70-45-23-25-50-49-14-7-9-18-56(49)69(58(50)35-45)61-20-11-12-27-66-61;/h7-33,36-39H,1-6H3;/q-3;. The van der Waals surface area contributed by atoms with E-state index in [1.165, 1.54) is 17.7 Å². The molecule has 6 nitrogen and oxygen atoms in total.